The average molecular weight is 370 g/mol. The van der Waals surface area contributed by atoms with E-state index in [1.54, 1.807) is 0 Å². The Labute approximate surface area is 156 Å². The van der Waals surface area contributed by atoms with Gasteiger partial charge in [-0.15, -0.1) is 0 Å². The van der Waals surface area contributed by atoms with Gasteiger partial charge in [0.05, 0.1) is 11.5 Å². The molecular weight excluding hydrogens is 348 g/mol. The molecule has 142 valence electrons. The van der Waals surface area contributed by atoms with Gasteiger partial charge in [-0.05, 0) is 31.8 Å². The van der Waals surface area contributed by atoms with E-state index in [-0.39, 0.29) is 28.8 Å². The molecule has 1 N–H and O–H groups in total. The standard InChI is InChI=1S/C21H22O6/c1-4-13-21(3)15-9(19(25)27-13)8-26-18(15)17(24)14-10-5-6-12(23)20(10,2)7-11(22)16(14)21/h8,10-11,13,22H,4-7H2,1-3H3/t10-,11+,13+,20-,21-/m0/s1. The summed E-state index contributed by atoms with van der Waals surface area (Å²) in [6.07, 6.45) is 1.72. The highest BCUT2D eigenvalue weighted by Crippen LogP contribution is 2.60. The summed E-state index contributed by atoms with van der Waals surface area (Å²) in [7, 11) is 0. The molecule has 2 heterocycles. The summed E-state index contributed by atoms with van der Waals surface area (Å²) >= 11 is 0. The lowest BCUT2D eigenvalue weighted by atomic mass is 9.54. The van der Waals surface area contributed by atoms with E-state index < -0.39 is 29.0 Å². The number of carbonyl (C=O) groups is 3. The Kier molecular flexibility index (Phi) is 3.12. The maximum Gasteiger partial charge on any atom is 0.342 e. The first-order valence-corrected chi connectivity index (χ1v) is 9.58. The SMILES string of the molecule is CC[C@H]1OC(=O)c2coc3c2[C@@]1(C)C1=C(C3=O)[C@@H]2CCC(=O)[C@@]2(C)C[C@H]1O. The molecule has 1 aliphatic heterocycles. The van der Waals surface area contributed by atoms with Crippen molar-refractivity contribution < 1.29 is 28.6 Å². The second-order valence-electron chi connectivity index (χ2n) is 8.67. The Morgan fingerprint density at radius 3 is 2.70 bits per heavy atom. The highest BCUT2D eigenvalue weighted by molar-refractivity contribution is 6.14. The molecule has 1 aromatic heterocycles. The minimum atomic E-state index is -0.931. The minimum Gasteiger partial charge on any atom is -0.460 e. The third-order valence-electron chi connectivity index (χ3n) is 7.46. The molecule has 3 aliphatic carbocycles. The first-order valence-electron chi connectivity index (χ1n) is 9.58. The second kappa shape index (κ2) is 4.98. The number of esters is 1. The molecule has 0 saturated heterocycles. The Morgan fingerprint density at radius 2 is 2.00 bits per heavy atom. The molecule has 4 aliphatic rings. The first-order chi connectivity index (χ1) is 12.7. The number of aliphatic hydroxyl groups is 1. The van der Waals surface area contributed by atoms with Crippen LogP contribution in [0.15, 0.2) is 21.8 Å². The van der Waals surface area contributed by atoms with Gasteiger partial charge in [0.2, 0.25) is 5.78 Å². The summed E-state index contributed by atoms with van der Waals surface area (Å²) in [6, 6.07) is 0. The minimum absolute atomic E-state index is 0.101. The van der Waals surface area contributed by atoms with Gasteiger partial charge in [0.25, 0.3) is 0 Å². The zero-order valence-electron chi connectivity index (χ0n) is 15.6. The molecule has 0 radical (unpaired) electrons. The fourth-order valence-corrected chi connectivity index (χ4v) is 6.15. The van der Waals surface area contributed by atoms with Crippen LogP contribution in [0, 0.1) is 11.3 Å². The molecule has 0 unspecified atom stereocenters. The predicted molar refractivity (Wildman–Crippen MR) is 93.4 cm³/mol. The Hall–Kier alpha value is -2.21. The molecule has 27 heavy (non-hydrogen) atoms. The number of fused-ring (bicyclic) bond motifs is 3. The fourth-order valence-electron chi connectivity index (χ4n) is 6.15. The van der Waals surface area contributed by atoms with Gasteiger partial charge in [-0.3, -0.25) is 9.59 Å². The number of ketones is 2. The summed E-state index contributed by atoms with van der Waals surface area (Å²) in [6.45, 7) is 5.70. The largest absolute Gasteiger partial charge is 0.460 e. The number of furan rings is 1. The van der Waals surface area contributed by atoms with Crippen LogP contribution in [0.3, 0.4) is 0 Å². The lowest BCUT2D eigenvalue weighted by Crippen LogP contribution is -2.55. The van der Waals surface area contributed by atoms with E-state index in [0.717, 1.165) is 0 Å². The van der Waals surface area contributed by atoms with Crippen molar-refractivity contribution in [3.8, 4) is 0 Å². The Bertz CT molecular complexity index is 952. The zero-order chi connectivity index (χ0) is 19.3. The van der Waals surface area contributed by atoms with E-state index in [1.165, 1.54) is 6.26 Å². The molecule has 0 bridgehead atoms. The number of allylic oxidation sites excluding steroid dienone is 1. The second-order valence-corrected chi connectivity index (χ2v) is 8.67. The molecule has 0 amide bonds. The molecular formula is C21H22O6. The van der Waals surface area contributed by atoms with Gasteiger partial charge < -0.3 is 14.3 Å². The van der Waals surface area contributed by atoms with E-state index in [0.29, 0.717) is 42.4 Å². The van der Waals surface area contributed by atoms with Crippen LogP contribution in [0.2, 0.25) is 0 Å². The molecule has 1 aromatic rings. The molecule has 5 atom stereocenters. The van der Waals surface area contributed by atoms with Crippen LogP contribution in [-0.2, 0) is 14.9 Å². The van der Waals surface area contributed by atoms with Crippen molar-refractivity contribution in [1.82, 2.24) is 0 Å². The smallest absolute Gasteiger partial charge is 0.342 e. The van der Waals surface area contributed by atoms with Gasteiger partial charge in [-0.1, -0.05) is 13.8 Å². The van der Waals surface area contributed by atoms with Crippen LogP contribution in [0.25, 0.3) is 0 Å². The lowest BCUT2D eigenvalue weighted by Gasteiger charge is -2.51. The van der Waals surface area contributed by atoms with Crippen LogP contribution in [0.4, 0.5) is 0 Å². The van der Waals surface area contributed by atoms with Crippen molar-refractivity contribution in [3.63, 3.8) is 0 Å². The lowest BCUT2D eigenvalue weighted by molar-refractivity contribution is -0.128. The first kappa shape index (κ1) is 16.9. The third-order valence-corrected chi connectivity index (χ3v) is 7.46. The highest BCUT2D eigenvalue weighted by Gasteiger charge is 2.63. The van der Waals surface area contributed by atoms with Crippen LogP contribution < -0.4 is 0 Å². The van der Waals surface area contributed by atoms with Crippen LogP contribution in [0.1, 0.15) is 72.9 Å². The molecule has 6 nitrogen and oxygen atoms in total. The fraction of sp³-hybridized carbons (Fsp3) is 0.571. The average Bonchev–Trinajstić information content (AvgIpc) is 3.19. The zero-order valence-corrected chi connectivity index (χ0v) is 15.6. The number of hydrogen-bond donors (Lipinski definition) is 1. The van der Waals surface area contributed by atoms with Crippen molar-refractivity contribution >= 4 is 17.5 Å². The monoisotopic (exact) mass is 370 g/mol. The molecule has 0 spiro atoms. The Morgan fingerprint density at radius 1 is 1.26 bits per heavy atom. The van der Waals surface area contributed by atoms with Gasteiger partial charge in [-0.25, -0.2) is 4.79 Å². The number of Topliss-reactive ketones (excluding diaryl/α,β-unsaturated/α-hetero) is 2. The van der Waals surface area contributed by atoms with Crippen LogP contribution in [0.5, 0.6) is 0 Å². The van der Waals surface area contributed by atoms with E-state index in [1.807, 2.05) is 20.8 Å². The summed E-state index contributed by atoms with van der Waals surface area (Å²) in [4.78, 5) is 38.4. The van der Waals surface area contributed by atoms with E-state index in [4.69, 9.17) is 9.15 Å². The normalized spacial score (nSPS) is 39.9. The van der Waals surface area contributed by atoms with E-state index in [9.17, 15) is 19.5 Å². The van der Waals surface area contributed by atoms with Crippen molar-refractivity contribution in [2.24, 2.45) is 11.3 Å². The summed E-state index contributed by atoms with van der Waals surface area (Å²) < 4.78 is 11.3. The molecule has 1 fully saturated rings. The number of hydrogen-bond acceptors (Lipinski definition) is 6. The Balaban J connectivity index is 1.84. The summed E-state index contributed by atoms with van der Waals surface area (Å²) in [5, 5.41) is 11.1. The van der Waals surface area contributed by atoms with Gasteiger partial charge in [-0.2, -0.15) is 0 Å². The number of carbonyl (C=O) groups excluding carboxylic acids is 3. The van der Waals surface area contributed by atoms with Crippen molar-refractivity contribution in [2.45, 2.75) is 64.1 Å². The predicted octanol–water partition coefficient (Wildman–Crippen LogP) is 2.73. The van der Waals surface area contributed by atoms with Crippen molar-refractivity contribution in [3.05, 3.63) is 34.3 Å². The molecule has 5 rings (SSSR count). The molecule has 1 saturated carbocycles. The number of ether oxygens (including phenoxy) is 1. The summed E-state index contributed by atoms with van der Waals surface area (Å²) in [5.74, 6) is -0.754. The van der Waals surface area contributed by atoms with E-state index in [2.05, 4.69) is 0 Å². The van der Waals surface area contributed by atoms with Gasteiger partial charge in [0.15, 0.2) is 5.76 Å². The maximum atomic E-state index is 13.4. The van der Waals surface area contributed by atoms with Crippen LogP contribution >= 0.6 is 0 Å². The highest BCUT2D eigenvalue weighted by atomic mass is 16.5. The van der Waals surface area contributed by atoms with E-state index >= 15 is 0 Å². The topological polar surface area (TPSA) is 93.8 Å². The number of aliphatic hydroxyl groups excluding tert-OH is 1. The quantitative estimate of drug-likeness (QED) is 0.764. The van der Waals surface area contributed by atoms with Gasteiger partial charge >= 0.3 is 5.97 Å². The van der Waals surface area contributed by atoms with Gasteiger partial charge in [0.1, 0.15) is 23.7 Å². The van der Waals surface area contributed by atoms with Crippen molar-refractivity contribution in [1.29, 1.82) is 0 Å². The van der Waals surface area contributed by atoms with Crippen molar-refractivity contribution in [2.75, 3.05) is 0 Å². The summed E-state index contributed by atoms with van der Waals surface area (Å²) in [5.41, 5.74) is 0.384. The number of rotatable bonds is 1. The molecule has 0 aromatic carbocycles. The molecule has 6 heteroatoms. The van der Waals surface area contributed by atoms with Gasteiger partial charge in [0, 0.05) is 28.9 Å². The van der Waals surface area contributed by atoms with Crippen LogP contribution in [-0.4, -0.2) is 34.9 Å². The maximum absolute atomic E-state index is 13.4. The number of cyclic esters (lactones) is 1. The third kappa shape index (κ3) is 1.73.